The van der Waals surface area contributed by atoms with Gasteiger partial charge < -0.3 is 14.8 Å². The molecule has 0 aliphatic rings. The maximum atomic E-state index is 12.9. The Morgan fingerprint density at radius 1 is 1.21 bits per heavy atom. The average Bonchev–Trinajstić information content (AvgIpc) is 3.03. The minimum absolute atomic E-state index is 0.0382. The van der Waals surface area contributed by atoms with Gasteiger partial charge in [-0.05, 0) is 31.2 Å². The molecule has 28 heavy (non-hydrogen) atoms. The Morgan fingerprint density at radius 3 is 2.43 bits per heavy atom. The zero-order valence-electron chi connectivity index (χ0n) is 14.3. The van der Waals surface area contributed by atoms with Gasteiger partial charge in [0.25, 0.3) is 11.3 Å². The van der Waals surface area contributed by atoms with Crippen molar-refractivity contribution in [3.05, 3.63) is 46.0 Å². The molecule has 3 aromatic rings. The third-order valence-electron chi connectivity index (χ3n) is 3.89. The average molecular weight is 435 g/mol. The van der Waals surface area contributed by atoms with Crippen LogP contribution in [0.5, 0.6) is 0 Å². The van der Waals surface area contributed by atoms with Gasteiger partial charge in [0.15, 0.2) is 16.3 Å². The molecule has 12 heteroatoms. The molecule has 0 radical (unpaired) electrons. The lowest BCUT2D eigenvalue weighted by molar-refractivity contribution is -0.336. The normalized spacial score (nSPS) is 12.7. The summed E-state index contributed by atoms with van der Waals surface area (Å²) >= 11 is 6.24. The summed E-state index contributed by atoms with van der Waals surface area (Å²) in [6, 6.07) is 6.00. The van der Waals surface area contributed by atoms with Crippen LogP contribution in [0.3, 0.4) is 0 Å². The SMILES string of the molecule is CCn1cnc2c(=O)n(-c3ccc(Cl)cc3)c(SCC(O)(O)C(F)(F)F)nc21. The van der Waals surface area contributed by atoms with Crippen molar-refractivity contribution in [2.45, 2.75) is 30.6 Å². The first kappa shape index (κ1) is 20.6. The molecule has 150 valence electrons. The van der Waals surface area contributed by atoms with E-state index in [0.29, 0.717) is 29.0 Å². The number of fused-ring (bicyclic) bond motifs is 1. The summed E-state index contributed by atoms with van der Waals surface area (Å²) in [7, 11) is 0. The third kappa shape index (κ3) is 3.75. The molecule has 0 saturated heterocycles. The van der Waals surface area contributed by atoms with E-state index in [1.54, 1.807) is 11.5 Å². The molecule has 0 atom stereocenters. The van der Waals surface area contributed by atoms with E-state index in [-0.39, 0.29) is 16.3 Å². The van der Waals surface area contributed by atoms with Gasteiger partial charge in [0.1, 0.15) is 0 Å². The van der Waals surface area contributed by atoms with Gasteiger partial charge in [-0.3, -0.25) is 9.36 Å². The van der Waals surface area contributed by atoms with Crippen molar-refractivity contribution in [1.82, 2.24) is 19.1 Å². The molecule has 0 saturated carbocycles. The molecule has 0 unspecified atom stereocenters. The number of aliphatic hydroxyl groups is 2. The van der Waals surface area contributed by atoms with E-state index in [2.05, 4.69) is 9.97 Å². The van der Waals surface area contributed by atoms with Crippen molar-refractivity contribution in [3.8, 4) is 5.69 Å². The van der Waals surface area contributed by atoms with E-state index >= 15 is 0 Å². The Bertz CT molecular complexity index is 1060. The summed E-state index contributed by atoms with van der Waals surface area (Å²) in [5.41, 5.74) is -0.0775. The Balaban J connectivity index is 2.16. The summed E-state index contributed by atoms with van der Waals surface area (Å²) in [6.07, 6.45) is -3.86. The molecule has 0 aliphatic heterocycles. The summed E-state index contributed by atoms with van der Waals surface area (Å²) in [5, 5.41) is 18.9. The van der Waals surface area contributed by atoms with Gasteiger partial charge in [-0.15, -0.1) is 0 Å². The van der Waals surface area contributed by atoms with Gasteiger partial charge in [0.05, 0.1) is 17.8 Å². The number of rotatable bonds is 5. The largest absolute Gasteiger partial charge is 0.443 e. The molecular formula is C16H14ClF3N4O3S. The number of aryl methyl sites for hydroxylation is 1. The Hall–Kier alpha value is -2.08. The number of halogens is 4. The monoisotopic (exact) mass is 434 g/mol. The molecule has 0 fully saturated rings. The Morgan fingerprint density at radius 2 is 1.86 bits per heavy atom. The number of hydrogen-bond acceptors (Lipinski definition) is 6. The number of aromatic nitrogens is 4. The Labute approximate surface area is 165 Å². The van der Waals surface area contributed by atoms with Crippen molar-refractivity contribution in [1.29, 1.82) is 0 Å². The predicted octanol–water partition coefficient (Wildman–Crippen LogP) is 2.59. The second kappa shape index (κ2) is 7.39. The minimum Gasteiger partial charge on any atom is -0.358 e. The van der Waals surface area contributed by atoms with Crippen LogP contribution in [-0.2, 0) is 6.54 Å². The van der Waals surface area contributed by atoms with Gasteiger partial charge in [-0.1, -0.05) is 23.4 Å². The number of imidazole rings is 1. The van der Waals surface area contributed by atoms with Crippen LogP contribution in [0.2, 0.25) is 5.02 Å². The van der Waals surface area contributed by atoms with Crippen molar-refractivity contribution in [2.24, 2.45) is 0 Å². The highest BCUT2D eigenvalue weighted by Gasteiger charge is 2.53. The molecule has 0 amide bonds. The van der Waals surface area contributed by atoms with Gasteiger partial charge in [0, 0.05) is 11.6 Å². The zero-order chi connectivity index (χ0) is 20.7. The summed E-state index contributed by atoms with van der Waals surface area (Å²) in [5.74, 6) is -5.12. The fourth-order valence-electron chi connectivity index (χ4n) is 2.37. The fraction of sp³-hybridized carbons (Fsp3) is 0.312. The topological polar surface area (TPSA) is 93.2 Å². The lowest BCUT2D eigenvalue weighted by Gasteiger charge is -2.24. The van der Waals surface area contributed by atoms with Crippen molar-refractivity contribution < 1.29 is 23.4 Å². The van der Waals surface area contributed by atoms with E-state index < -0.39 is 23.3 Å². The number of thioether (sulfide) groups is 1. The lowest BCUT2D eigenvalue weighted by atomic mass is 10.3. The van der Waals surface area contributed by atoms with Crippen LogP contribution in [0.15, 0.2) is 40.5 Å². The van der Waals surface area contributed by atoms with Gasteiger partial charge in [-0.2, -0.15) is 13.2 Å². The molecule has 3 rings (SSSR count). The van der Waals surface area contributed by atoms with Crippen LogP contribution in [0.1, 0.15) is 6.92 Å². The molecule has 2 N–H and O–H groups in total. The minimum atomic E-state index is -5.26. The molecular weight excluding hydrogens is 421 g/mol. The number of hydrogen-bond donors (Lipinski definition) is 2. The summed E-state index contributed by atoms with van der Waals surface area (Å²) in [4.78, 5) is 21.2. The molecule has 0 bridgehead atoms. The molecule has 1 aromatic carbocycles. The van der Waals surface area contributed by atoms with E-state index in [9.17, 15) is 28.2 Å². The van der Waals surface area contributed by atoms with Crippen molar-refractivity contribution in [3.63, 3.8) is 0 Å². The van der Waals surface area contributed by atoms with Crippen LogP contribution in [-0.4, -0.2) is 47.0 Å². The quantitative estimate of drug-likeness (QED) is 0.364. The number of alkyl halides is 3. The van der Waals surface area contributed by atoms with Crippen LogP contribution in [0.25, 0.3) is 16.9 Å². The molecule has 0 aliphatic carbocycles. The molecule has 2 aromatic heterocycles. The van der Waals surface area contributed by atoms with Gasteiger partial charge in [0.2, 0.25) is 0 Å². The van der Waals surface area contributed by atoms with Crippen molar-refractivity contribution >= 4 is 34.5 Å². The molecule has 0 spiro atoms. The highest BCUT2D eigenvalue weighted by Crippen LogP contribution is 2.33. The van der Waals surface area contributed by atoms with Gasteiger partial charge >= 0.3 is 6.18 Å². The van der Waals surface area contributed by atoms with E-state index in [0.717, 1.165) is 4.57 Å². The second-order valence-electron chi connectivity index (χ2n) is 5.82. The first-order valence-electron chi connectivity index (χ1n) is 7.93. The summed E-state index contributed by atoms with van der Waals surface area (Å²) < 4.78 is 40.9. The van der Waals surface area contributed by atoms with Crippen LogP contribution < -0.4 is 5.56 Å². The molecule has 7 nitrogen and oxygen atoms in total. The Kier molecular flexibility index (Phi) is 5.45. The number of nitrogens with zero attached hydrogens (tertiary/aromatic N) is 4. The second-order valence-corrected chi connectivity index (χ2v) is 7.20. The fourth-order valence-corrected chi connectivity index (χ4v) is 3.46. The predicted molar refractivity (Wildman–Crippen MR) is 97.8 cm³/mol. The zero-order valence-corrected chi connectivity index (χ0v) is 15.9. The van der Waals surface area contributed by atoms with E-state index in [4.69, 9.17) is 11.6 Å². The van der Waals surface area contributed by atoms with E-state index in [1.165, 1.54) is 30.6 Å². The molecule has 2 heterocycles. The van der Waals surface area contributed by atoms with Crippen molar-refractivity contribution in [2.75, 3.05) is 5.75 Å². The van der Waals surface area contributed by atoms with Crippen LogP contribution in [0, 0.1) is 0 Å². The highest BCUT2D eigenvalue weighted by molar-refractivity contribution is 7.99. The first-order valence-corrected chi connectivity index (χ1v) is 9.29. The lowest BCUT2D eigenvalue weighted by Crippen LogP contribution is -2.47. The van der Waals surface area contributed by atoms with Crippen LogP contribution >= 0.6 is 23.4 Å². The number of benzene rings is 1. The van der Waals surface area contributed by atoms with Crippen LogP contribution in [0.4, 0.5) is 13.2 Å². The van der Waals surface area contributed by atoms with Gasteiger partial charge in [-0.25, -0.2) is 9.97 Å². The maximum Gasteiger partial charge on any atom is 0.443 e. The maximum absolute atomic E-state index is 12.9. The summed E-state index contributed by atoms with van der Waals surface area (Å²) in [6.45, 7) is 2.22. The highest BCUT2D eigenvalue weighted by atomic mass is 35.5. The van der Waals surface area contributed by atoms with E-state index in [1.807, 2.05) is 0 Å². The third-order valence-corrected chi connectivity index (χ3v) is 5.22. The smallest absolute Gasteiger partial charge is 0.358 e. The standard InChI is InChI=1S/C16H14ClF3N4O3S/c1-2-23-8-21-11-12(23)22-14(28-7-15(26,27)16(18,19)20)24(13(11)25)10-5-3-9(17)4-6-10/h3-6,8,26-27H,2,7H2,1H3. The first-order chi connectivity index (χ1) is 13.0.